The summed E-state index contributed by atoms with van der Waals surface area (Å²) in [5, 5.41) is 0. The van der Waals surface area contributed by atoms with Crippen LogP contribution in [-0.2, 0) is 12.8 Å². The molecule has 0 amide bonds. The molecule has 0 aliphatic carbocycles. The van der Waals surface area contributed by atoms with E-state index < -0.39 is 23.3 Å². The van der Waals surface area contributed by atoms with E-state index in [-0.39, 0.29) is 24.0 Å². The first kappa shape index (κ1) is 12.6. The number of halogens is 4. The SMILES string of the molecule is Fc1cccc(F)c1CCc1c(F)cccc1F. The van der Waals surface area contributed by atoms with Gasteiger partial charge in [-0.1, -0.05) is 12.1 Å². The average molecular weight is 254 g/mol. The van der Waals surface area contributed by atoms with Crippen molar-refractivity contribution in [2.45, 2.75) is 12.8 Å². The minimum absolute atomic E-state index is 0.0869. The first-order valence-electron chi connectivity index (χ1n) is 5.45. The molecule has 0 saturated carbocycles. The molecular weight excluding hydrogens is 244 g/mol. The minimum atomic E-state index is -0.702. The van der Waals surface area contributed by atoms with E-state index in [1.807, 2.05) is 0 Å². The van der Waals surface area contributed by atoms with E-state index in [0.29, 0.717) is 0 Å². The summed E-state index contributed by atoms with van der Waals surface area (Å²) in [6, 6.07) is 6.98. The molecule has 4 heteroatoms. The van der Waals surface area contributed by atoms with Crippen LogP contribution in [0.5, 0.6) is 0 Å². The standard InChI is InChI=1S/C14H10F4/c15-11-3-1-4-12(16)9(11)7-8-10-13(17)5-2-6-14(10)18/h1-6H,7-8H2. The van der Waals surface area contributed by atoms with Crippen molar-refractivity contribution >= 4 is 0 Å². The van der Waals surface area contributed by atoms with Gasteiger partial charge >= 0.3 is 0 Å². The Morgan fingerprint density at radius 3 is 1.11 bits per heavy atom. The van der Waals surface area contributed by atoms with Crippen molar-refractivity contribution in [1.82, 2.24) is 0 Å². The van der Waals surface area contributed by atoms with Gasteiger partial charge in [-0.25, -0.2) is 17.6 Å². The Kier molecular flexibility index (Phi) is 3.65. The molecule has 2 aromatic carbocycles. The highest BCUT2D eigenvalue weighted by Gasteiger charge is 2.12. The fourth-order valence-corrected chi connectivity index (χ4v) is 1.79. The van der Waals surface area contributed by atoms with Gasteiger partial charge in [0.2, 0.25) is 0 Å². The van der Waals surface area contributed by atoms with Crippen molar-refractivity contribution in [2.75, 3.05) is 0 Å². The average Bonchev–Trinajstić information content (AvgIpc) is 2.31. The first-order valence-corrected chi connectivity index (χ1v) is 5.45. The van der Waals surface area contributed by atoms with Crippen LogP contribution >= 0.6 is 0 Å². The second-order valence-corrected chi connectivity index (χ2v) is 3.90. The van der Waals surface area contributed by atoms with E-state index in [4.69, 9.17) is 0 Å². The van der Waals surface area contributed by atoms with E-state index in [2.05, 4.69) is 0 Å². The quantitative estimate of drug-likeness (QED) is 0.725. The van der Waals surface area contributed by atoms with Gasteiger partial charge in [-0.2, -0.15) is 0 Å². The fraction of sp³-hybridized carbons (Fsp3) is 0.143. The molecule has 0 aliphatic rings. The summed E-state index contributed by atoms with van der Waals surface area (Å²) in [4.78, 5) is 0. The number of rotatable bonds is 3. The van der Waals surface area contributed by atoms with Gasteiger partial charge in [0.05, 0.1) is 0 Å². The highest BCUT2D eigenvalue weighted by molar-refractivity contribution is 5.24. The molecule has 18 heavy (non-hydrogen) atoms. The summed E-state index contributed by atoms with van der Waals surface area (Å²) in [6.07, 6.45) is -0.174. The number of benzene rings is 2. The molecule has 2 aromatic rings. The van der Waals surface area contributed by atoms with Gasteiger partial charge in [0.15, 0.2) is 0 Å². The summed E-state index contributed by atoms with van der Waals surface area (Å²) < 4.78 is 53.3. The van der Waals surface area contributed by atoms with Crippen LogP contribution in [0.15, 0.2) is 36.4 Å². The smallest absolute Gasteiger partial charge is 0.129 e. The Labute approximate surface area is 102 Å². The third kappa shape index (κ3) is 2.53. The molecule has 2 rings (SSSR count). The Morgan fingerprint density at radius 2 is 0.833 bits per heavy atom. The Hall–Kier alpha value is -1.84. The maximum atomic E-state index is 13.3. The van der Waals surface area contributed by atoms with Crippen molar-refractivity contribution < 1.29 is 17.6 Å². The van der Waals surface area contributed by atoms with E-state index >= 15 is 0 Å². The van der Waals surface area contributed by atoms with Crippen LogP contribution in [0.2, 0.25) is 0 Å². The van der Waals surface area contributed by atoms with Gasteiger partial charge in [-0.15, -0.1) is 0 Å². The van der Waals surface area contributed by atoms with Gasteiger partial charge < -0.3 is 0 Å². The monoisotopic (exact) mass is 254 g/mol. The highest BCUT2D eigenvalue weighted by Crippen LogP contribution is 2.18. The van der Waals surface area contributed by atoms with Gasteiger partial charge in [-0.05, 0) is 37.1 Å². The molecule has 0 heterocycles. The lowest BCUT2D eigenvalue weighted by Gasteiger charge is -2.06. The van der Waals surface area contributed by atoms with E-state index in [1.165, 1.54) is 12.1 Å². The zero-order valence-electron chi connectivity index (χ0n) is 9.39. The van der Waals surface area contributed by atoms with Crippen LogP contribution < -0.4 is 0 Å². The number of hydrogen-bond acceptors (Lipinski definition) is 0. The lowest BCUT2D eigenvalue weighted by Crippen LogP contribution is -2.02. The van der Waals surface area contributed by atoms with Crippen LogP contribution in [-0.4, -0.2) is 0 Å². The van der Waals surface area contributed by atoms with E-state index in [9.17, 15) is 17.6 Å². The summed E-state index contributed by atoms with van der Waals surface area (Å²) in [7, 11) is 0. The molecule has 0 aromatic heterocycles. The third-order valence-electron chi connectivity index (χ3n) is 2.75. The van der Waals surface area contributed by atoms with Crippen LogP contribution in [0.25, 0.3) is 0 Å². The van der Waals surface area contributed by atoms with E-state index in [0.717, 1.165) is 24.3 Å². The second-order valence-electron chi connectivity index (χ2n) is 3.90. The predicted octanol–water partition coefficient (Wildman–Crippen LogP) is 4.03. The van der Waals surface area contributed by atoms with Crippen molar-refractivity contribution in [3.05, 3.63) is 70.8 Å². The van der Waals surface area contributed by atoms with E-state index in [1.54, 1.807) is 0 Å². The number of hydrogen-bond donors (Lipinski definition) is 0. The summed E-state index contributed by atoms with van der Waals surface area (Å²) in [5.74, 6) is -2.81. The van der Waals surface area contributed by atoms with Crippen LogP contribution in [0.4, 0.5) is 17.6 Å². The molecule has 0 bridgehead atoms. The third-order valence-corrected chi connectivity index (χ3v) is 2.75. The molecule has 94 valence electrons. The fourth-order valence-electron chi connectivity index (χ4n) is 1.79. The molecule has 0 radical (unpaired) electrons. The highest BCUT2D eigenvalue weighted by atomic mass is 19.1. The lowest BCUT2D eigenvalue weighted by atomic mass is 10.0. The summed E-state index contributed by atoms with van der Waals surface area (Å²) in [5.41, 5.74) is -0.305. The van der Waals surface area contributed by atoms with Crippen LogP contribution in [0.3, 0.4) is 0 Å². The van der Waals surface area contributed by atoms with Crippen molar-refractivity contribution in [2.24, 2.45) is 0 Å². The maximum Gasteiger partial charge on any atom is 0.129 e. The first-order chi connectivity index (χ1) is 8.59. The molecule has 0 aliphatic heterocycles. The van der Waals surface area contributed by atoms with Crippen LogP contribution in [0.1, 0.15) is 11.1 Å². The molecule has 0 nitrogen and oxygen atoms in total. The molecule has 0 fully saturated rings. The Morgan fingerprint density at radius 1 is 0.556 bits per heavy atom. The molecule has 0 saturated heterocycles. The molecule has 0 atom stereocenters. The molecular formula is C14H10F4. The van der Waals surface area contributed by atoms with Crippen molar-refractivity contribution in [3.8, 4) is 0 Å². The second kappa shape index (κ2) is 5.21. The summed E-state index contributed by atoms with van der Waals surface area (Å²) in [6.45, 7) is 0. The molecule has 0 unspecified atom stereocenters. The normalized spacial score (nSPS) is 10.7. The topological polar surface area (TPSA) is 0 Å². The molecule has 0 spiro atoms. The van der Waals surface area contributed by atoms with Crippen molar-refractivity contribution in [3.63, 3.8) is 0 Å². The maximum absolute atomic E-state index is 13.3. The van der Waals surface area contributed by atoms with Gasteiger partial charge in [-0.3, -0.25) is 0 Å². The summed E-state index contributed by atoms with van der Waals surface area (Å²) >= 11 is 0. The Bertz CT molecular complexity index is 472. The Balaban J connectivity index is 2.22. The van der Waals surface area contributed by atoms with Gasteiger partial charge in [0.25, 0.3) is 0 Å². The zero-order chi connectivity index (χ0) is 13.1. The zero-order valence-corrected chi connectivity index (χ0v) is 9.39. The largest absolute Gasteiger partial charge is 0.207 e. The van der Waals surface area contributed by atoms with Crippen molar-refractivity contribution in [1.29, 1.82) is 0 Å². The van der Waals surface area contributed by atoms with Gasteiger partial charge in [0.1, 0.15) is 23.3 Å². The lowest BCUT2D eigenvalue weighted by molar-refractivity contribution is 0.535. The molecule has 0 N–H and O–H groups in total. The minimum Gasteiger partial charge on any atom is -0.207 e. The predicted molar refractivity (Wildman–Crippen MR) is 60.1 cm³/mol. The van der Waals surface area contributed by atoms with Crippen LogP contribution in [0, 0.1) is 23.3 Å². The van der Waals surface area contributed by atoms with Gasteiger partial charge in [0, 0.05) is 11.1 Å².